The molecule has 0 atom stereocenters. The maximum Gasteiger partial charge on any atom is 0.336 e. The molecule has 0 aliphatic heterocycles. The fourth-order valence-corrected chi connectivity index (χ4v) is 3.12. The summed E-state index contributed by atoms with van der Waals surface area (Å²) in [4.78, 5) is 15.8. The Labute approximate surface area is 123 Å². The van der Waals surface area contributed by atoms with E-state index in [0.29, 0.717) is 17.0 Å². The lowest BCUT2D eigenvalue weighted by molar-refractivity contribution is 0.0699. The fraction of sp³-hybridized carbons (Fsp3) is 0.412. The molecule has 2 fully saturated rings. The molecule has 2 saturated carbocycles. The molecule has 4 nitrogen and oxygen atoms in total. The minimum atomic E-state index is -0.906. The molecule has 4 heteroatoms. The summed E-state index contributed by atoms with van der Waals surface area (Å²) in [5.41, 5.74) is 1.05. The molecule has 0 radical (unpaired) electrons. The predicted octanol–water partition coefficient (Wildman–Crippen LogP) is 3.53. The van der Waals surface area contributed by atoms with Crippen LogP contribution in [-0.4, -0.2) is 22.1 Å². The van der Waals surface area contributed by atoms with Crippen LogP contribution in [0.1, 0.15) is 36.0 Å². The summed E-state index contributed by atoms with van der Waals surface area (Å²) in [5.74, 6) is 1.58. The van der Waals surface area contributed by atoms with Crippen molar-refractivity contribution in [2.45, 2.75) is 31.7 Å². The van der Waals surface area contributed by atoms with Crippen molar-refractivity contribution in [1.82, 2.24) is 4.98 Å². The summed E-state index contributed by atoms with van der Waals surface area (Å²) >= 11 is 0. The second kappa shape index (κ2) is 4.72. The molecule has 0 bridgehead atoms. The van der Waals surface area contributed by atoms with E-state index >= 15 is 0 Å². The second-order valence-corrected chi connectivity index (χ2v) is 6.22. The van der Waals surface area contributed by atoms with Crippen LogP contribution < -0.4 is 5.32 Å². The Kier molecular flexibility index (Phi) is 2.84. The quantitative estimate of drug-likeness (QED) is 0.880. The molecule has 2 aromatic rings. The van der Waals surface area contributed by atoms with Crippen molar-refractivity contribution in [2.24, 2.45) is 11.8 Å². The third kappa shape index (κ3) is 2.46. The van der Waals surface area contributed by atoms with Crippen LogP contribution in [0.3, 0.4) is 0 Å². The number of nitrogens with one attached hydrogen (secondary N) is 1. The van der Waals surface area contributed by atoms with E-state index in [1.54, 1.807) is 12.1 Å². The van der Waals surface area contributed by atoms with E-state index in [9.17, 15) is 9.90 Å². The fourth-order valence-electron chi connectivity index (χ4n) is 3.12. The Morgan fingerprint density at radius 3 is 2.48 bits per heavy atom. The number of carbonyl (C=O) groups is 1. The van der Waals surface area contributed by atoms with Gasteiger partial charge in [0.25, 0.3) is 0 Å². The van der Waals surface area contributed by atoms with Crippen LogP contribution in [0.4, 0.5) is 5.82 Å². The molecular weight excluding hydrogens is 264 g/mol. The minimum Gasteiger partial charge on any atom is -0.478 e. The SMILES string of the molecule is O=C(O)c1cccc2nc(NC(C3CC3)C3CC3)ccc12. The Bertz CT molecular complexity index is 693. The van der Waals surface area contributed by atoms with Crippen molar-refractivity contribution < 1.29 is 9.90 Å². The van der Waals surface area contributed by atoms with Crippen LogP contribution in [0.5, 0.6) is 0 Å². The molecule has 0 spiro atoms. The first-order valence-corrected chi connectivity index (χ1v) is 7.62. The van der Waals surface area contributed by atoms with Gasteiger partial charge in [0.2, 0.25) is 0 Å². The summed E-state index contributed by atoms with van der Waals surface area (Å²) in [6.07, 6.45) is 5.30. The average Bonchev–Trinajstić information content (AvgIpc) is 3.37. The van der Waals surface area contributed by atoms with E-state index < -0.39 is 5.97 Å². The molecule has 2 aliphatic rings. The molecule has 108 valence electrons. The highest BCUT2D eigenvalue weighted by molar-refractivity contribution is 6.02. The lowest BCUT2D eigenvalue weighted by Crippen LogP contribution is -2.24. The van der Waals surface area contributed by atoms with Crippen LogP contribution in [0.15, 0.2) is 30.3 Å². The van der Waals surface area contributed by atoms with Crippen molar-refractivity contribution in [2.75, 3.05) is 5.32 Å². The number of benzene rings is 1. The van der Waals surface area contributed by atoms with E-state index in [1.807, 2.05) is 18.2 Å². The van der Waals surface area contributed by atoms with Gasteiger partial charge in [0, 0.05) is 11.4 Å². The van der Waals surface area contributed by atoms with Crippen LogP contribution in [-0.2, 0) is 0 Å². The summed E-state index contributed by atoms with van der Waals surface area (Å²) in [7, 11) is 0. The molecule has 1 aromatic carbocycles. The molecule has 0 amide bonds. The van der Waals surface area contributed by atoms with Crippen molar-refractivity contribution in [3.05, 3.63) is 35.9 Å². The van der Waals surface area contributed by atoms with Crippen LogP contribution in [0.2, 0.25) is 0 Å². The third-order valence-electron chi connectivity index (χ3n) is 4.54. The third-order valence-corrected chi connectivity index (χ3v) is 4.54. The van der Waals surface area contributed by atoms with E-state index in [0.717, 1.165) is 23.2 Å². The van der Waals surface area contributed by atoms with Gasteiger partial charge in [-0.2, -0.15) is 0 Å². The first kappa shape index (κ1) is 12.6. The van der Waals surface area contributed by atoms with Crippen LogP contribution >= 0.6 is 0 Å². The van der Waals surface area contributed by atoms with Gasteiger partial charge in [-0.15, -0.1) is 0 Å². The first-order valence-electron chi connectivity index (χ1n) is 7.62. The maximum absolute atomic E-state index is 11.2. The Morgan fingerprint density at radius 1 is 1.14 bits per heavy atom. The van der Waals surface area contributed by atoms with E-state index in [4.69, 9.17) is 0 Å². The summed E-state index contributed by atoms with van der Waals surface area (Å²) in [6.45, 7) is 0. The molecule has 0 saturated heterocycles. The van der Waals surface area contributed by atoms with Gasteiger partial charge in [-0.3, -0.25) is 0 Å². The zero-order valence-electron chi connectivity index (χ0n) is 11.7. The number of pyridine rings is 1. The predicted molar refractivity (Wildman–Crippen MR) is 81.6 cm³/mol. The lowest BCUT2D eigenvalue weighted by atomic mass is 10.1. The van der Waals surface area contributed by atoms with Crippen molar-refractivity contribution >= 4 is 22.7 Å². The molecule has 21 heavy (non-hydrogen) atoms. The summed E-state index contributed by atoms with van der Waals surface area (Å²) < 4.78 is 0. The molecular formula is C17H18N2O2. The number of carboxylic acids is 1. The number of nitrogens with zero attached hydrogens (tertiary/aromatic N) is 1. The van der Waals surface area contributed by atoms with Crippen molar-refractivity contribution in [3.8, 4) is 0 Å². The number of anilines is 1. The number of fused-ring (bicyclic) bond motifs is 1. The highest BCUT2D eigenvalue weighted by atomic mass is 16.4. The average molecular weight is 282 g/mol. The lowest BCUT2D eigenvalue weighted by Gasteiger charge is -2.18. The number of carboxylic acid groups (broad SMARTS) is 1. The minimum absolute atomic E-state index is 0.312. The molecule has 4 rings (SSSR count). The van der Waals surface area contributed by atoms with E-state index in [-0.39, 0.29) is 0 Å². The normalized spacial score (nSPS) is 18.1. The van der Waals surface area contributed by atoms with Gasteiger partial charge < -0.3 is 10.4 Å². The Hall–Kier alpha value is -2.10. The molecule has 1 heterocycles. The second-order valence-electron chi connectivity index (χ2n) is 6.22. The number of rotatable bonds is 5. The van der Waals surface area contributed by atoms with Gasteiger partial charge in [0.05, 0.1) is 11.1 Å². The molecule has 2 aliphatic carbocycles. The monoisotopic (exact) mass is 282 g/mol. The summed E-state index contributed by atoms with van der Waals surface area (Å²) in [5, 5.41) is 13.5. The van der Waals surface area contributed by atoms with E-state index in [2.05, 4.69) is 10.3 Å². The number of hydrogen-bond donors (Lipinski definition) is 2. The topological polar surface area (TPSA) is 62.2 Å². The van der Waals surface area contributed by atoms with E-state index in [1.165, 1.54) is 25.7 Å². The standard InChI is InChI=1S/C17H18N2O2/c20-17(21)13-2-1-3-14-12(13)8-9-15(18-14)19-16(10-4-5-10)11-6-7-11/h1-3,8-11,16H,4-7H2,(H,18,19)(H,20,21). The largest absolute Gasteiger partial charge is 0.478 e. The van der Waals surface area contributed by atoms with Gasteiger partial charge in [0.1, 0.15) is 5.82 Å². The van der Waals surface area contributed by atoms with Gasteiger partial charge in [-0.25, -0.2) is 9.78 Å². The van der Waals surface area contributed by atoms with Gasteiger partial charge in [-0.1, -0.05) is 6.07 Å². The molecule has 1 aromatic heterocycles. The maximum atomic E-state index is 11.2. The van der Waals surface area contributed by atoms with Crippen molar-refractivity contribution in [1.29, 1.82) is 0 Å². The van der Waals surface area contributed by atoms with Gasteiger partial charge >= 0.3 is 5.97 Å². The summed E-state index contributed by atoms with van der Waals surface area (Å²) in [6, 6.07) is 9.57. The Balaban J connectivity index is 1.65. The molecule has 2 N–H and O–H groups in total. The van der Waals surface area contributed by atoms with Gasteiger partial charge in [0.15, 0.2) is 0 Å². The Morgan fingerprint density at radius 2 is 1.86 bits per heavy atom. The highest BCUT2D eigenvalue weighted by Crippen LogP contribution is 2.45. The van der Waals surface area contributed by atoms with Gasteiger partial charge in [-0.05, 0) is 61.8 Å². The zero-order valence-corrected chi connectivity index (χ0v) is 11.7. The van der Waals surface area contributed by atoms with Crippen molar-refractivity contribution in [3.63, 3.8) is 0 Å². The number of aromatic nitrogens is 1. The smallest absolute Gasteiger partial charge is 0.336 e. The molecule has 0 unspecified atom stereocenters. The number of hydrogen-bond acceptors (Lipinski definition) is 3. The van der Waals surface area contributed by atoms with Crippen LogP contribution in [0, 0.1) is 11.8 Å². The highest BCUT2D eigenvalue weighted by Gasteiger charge is 2.41. The number of aromatic carboxylic acids is 1. The van der Waals surface area contributed by atoms with Crippen LogP contribution in [0.25, 0.3) is 10.9 Å². The zero-order chi connectivity index (χ0) is 14.4. The first-order chi connectivity index (χ1) is 10.2.